The zero-order valence-corrected chi connectivity index (χ0v) is 23.9. The SMILES string of the molecule is CC(=O)/C=C(/C)O.[Ir].[c-]1ccc2c3c1c1ncc4ccccc4c1sc1cccc(c13)n2-c1ccccc1. The average molecular weight is 692 g/mol. The number of pyridine rings is 1. The number of para-hydroxylation sites is 1. The van der Waals surface area contributed by atoms with Gasteiger partial charge in [-0.15, -0.1) is 34.9 Å². The first kappa shape index (κ1) is 25.8. The molecular formula is C32H23IrN2O2S-. The van der Waals surface area contributed by atoms with Crippen molar-refractivity contribution >= 4 is 70.0 Å². The smallest absolute Gasteiger partial charge is 0.155 e. The fraction of sp³-hybridized carbons (Fsp3) is 0.0625. The Balaban J connectivity index is 0.000000329. The van der Waals surface area contributed by atoms with Crippen LogP contribution in [0, 0.1) is 6.07 Å². The van der Waals surface area contributed by atoms with Gasteiger partial charge in [-0.25, -0.2) is 0 Å². The molecular weight excluding hydrogens is 669 g/mol. The quantitative estimate of drug-likeness (QED) is 0.112. The van der Waals surface area contributed by atoms with Gasteiger partial charge in [0.25, 0.3) is 0 Å². The first-order valence-electron chi connectivity index (χ1n) is 12.0. The molecule has 0 aliphatic rings. The van der Waals surface area contributed by atoms with Crippen molar-refractivity contribution in [3.8, 4) is 5.69 Å². The van der Waals surface area contributed by atoms with E-state index in [1.165, 1.54) is 67.6 Å². The number of fused-ring (bicyclic) bond motifs is 4. The molecule has 3 heterocycles. The van der Waals surface area contributed by atoms with E-state index < -0.39 is 0 Å². The van der Waals surface area contributed by atoms with Gasteiger partial charge in [0.05, 0.1) is 5.76 Å². The van der Waals surface area contributed by atoms with Crippen LogP contribution in [-0.4, -0.2) is 20.4 Å². The summed E-state index contributed by atoms with van der Waals surface area (Å²) >= 11 is 1.82. The van der Waals surface area contributed by atoms with Crippen molar-refractivity contribution in [2.75, 3.05) is 0 Å². The molecule has 0 saturated carbocycles. The number of carbonyl (C=O) groups excluding carboxylic acids is 1. The predicted octanol–water partition coefficient (Wildman–Crippen LogP) is 8.53. The Morgan fingerprint density at radius 1 is 0.921 bits per heavy atom. The third-order valence-electron chi connectivity index (χ3n) is 6.34. The molecule has 4 aromatic carbocycles. The van der Waals surface area contributed by atoms with E-state index in [9.17, 15) is 4.79 Å². The molecule has 0 aliphatic carbocycles. The molecule has 4 nitrogen and oxygen atoms in total. The van der Waals surface area contributed by atoms with Gasteiger partial charge in [0, 0.05) is 58.5 Å². The Labute approximate surface area is 237 Å². The maximum atomic E-state index is 10.0. The number of ketones is 1. The third kappa shape index (κ3) is 4.41. The number of benzene rings is 4. The second kappa shape index (κ2) is 10.5. The number of aliphatic hydroxyl groups excluding tert-OH is 1. The summed E-state index contributed by atoms with van der Waals surface area (Å²) in [5.41, 5.74) is 4.61. The molecule has 1 radical (unpaired) electrons. The molecule has 7 aromatic rings. The zero-order chi connectivity index (χ0) is 25.5. The average Bonchev–Trinajstić information content (AvgIpc) is 3.16. The molecule has 7 rings (SSSR count). The maximum Gasteiger partial charge on any atom is 0.155 e. The van der Waals surface area contributed by atoms with Crippen LogP contribution in [0.1, 0.15) is 13.8 Å². The van der Waals surface area contributed by atoms with Crippen LogP contribution in [0.15, 0.2) is 103 Å². The number of hydrogen-bond donors (Lipinski definition) is 1. The van der Waals surface area contributed by atoms with Crippen molar-refractivity contribution in [1.29, 1.82) is 0 Å². The van der Waals surface area contributed by atoms with Crippen LogP contribution in [-0.2, 0) is 24.9 Å². The number of rotatable bonds is 2. The van der Waals surface area contributed by atoms with Gasteiger partial charge in [-0.1, -0.05) is 53.9 Å². The molecule has 0 amide bonds. The minimum atomic E-state index is -0.125. The van der Waals surface area contributed by atoms with Crippen molar-refractivity contribution < 1.29 is 30.0 Å². The van der Waals surface area contributed by atoms with Crippen LogP contribution in [0.2, 0.25) is 0 Å². The number of aromatic nitrogens is 2. The molecule has 1 N–H and O–H groups in total. The first-order valence-corrected chi connectivity index (χ1v) is 12.8. The molecule has 0 aliphatic heterocycles. The monoisotopic (exact) mass is 692 g/mol. The standard InChI is InChI=1S/C27H15N2S.C5H8O2.Ir/c1-2-9-18(10-3-1)29-21-13-6-12-20-24(21)25-22(29)14-7-15-23(25)30-27-19-11-5-4-8-17(19)16-28-26(20)27;1-4(6)3-5(2)7;/h1-11,13-16H;3,6H,1-2H3;/q-1;;/b;4-3-;. The van der Waals surface area contributed by atoms with E-state index in [1.54, 1.807) is 0 Å². The third-order valence-corrected chi connectivity index (χ3v) is 7.52. The van der Waals surface area contributed by atoms with Gasteiger partial charge in [0.2, 0.25) is 0 Å². The molecule has 38 heavy (non-hydrogen) atoms. The molecule has 0 bridgehead atoms. The second-order valence-electron chi connectivity index (χ2n) is 8.96. The van der Waals surface area contributed by atoms with Crippen LogP contribution < -0.4 is 0 Å². The number of nitrogens with zero attached hydrogens (tertiary/aromatic N) is 2. The van der Waals surface area contributed by atoms with Crippen molar-refractivity contribution in [3.63, 3.8) is 0 Å². The van der Waals surface area contributed by atoms with Gasteiger partial charge in [-0.05, 0) is 59.8 Å². The summed E-state index contributed by atoms with van der Waals surface area (Å²) in [6.07, 6.45) is 3.16. The Hall–Kier alpha value is -3.83. The van der Waals surface area contributed by atoms with Crippen molar-refractivity contribution in [2.45, 2.75) is 13.8 Å². The van der Waals surface area contributed by atoms with E-state index in [-0.39, 0.29) is 31.6 Å². The topological polar surface area (TPSA) is 55.1 Å². The molecule has 189 valence electrons. The van der Waals surface area contributed by atoms with Gasteiger partial charge in [0.15, 0.2) is 5.78 Å². The normalized spacial score (nSPS) is 11.6. The summed E-state index contributed by atoms with van der Waals surface area (Å²) in [6.45, 7) is 2.85. The van der Waals surface area contributed by atoms with Crippen LogP contribution >= 0.6 is 11.3 Å². The van der Waals surface area contributed by atoms with Gasteiger partial charge < -0.3 is 14.7 Å². The van der Waals surface area contributed by atoms with Crippen molar-refractivity contribution in [1.82, 2.24) is 9.55 Å². The van der Waals surface area contributed by atoms with Crippen LogP contribution in [0.4, 0.5) is 0 Å². The number of allylic oxidation sites excluding steroid dienone is 2. The summed E-state index contributed by atoms with van der Waals surface area (Å²) in [4.78, 5) is 14.9. The Kier molecular flexibility index (Phi) is 7.13. The van der Waals surface area contributed by atoms with Gasteiger partial charge in [0.1, 0.15) is 0 Å². The van der Waals surface area contributed by atoms with E-state index >= 15 is 0 Å². The van der Waals surface area contributed by atoms with Gasteiger partial charge >= 0.3 is 0 Å². The summed E-state index contributed by atoms with van der Waals surface area (Å²) in [7, 11) is 0. The number of hydrogen-bond acceptors (Lipinski definition) is 4. The molecule has 6 heteroatoms. The first-order chi connectivity index (χ1) is 18.0. The molecule has 0 fully saturated rings. The van der Waals surface area contributed by atoms with Crippen LogP contribution in [0.3, 0.4) is 0 Å². The van der Waals surface area contributed by atoms with E-state index in [1.807, 2.05) is 23.6 Å². The molecule has 0 saturated heterocycles. The summed E-state index contributed by atoms with van der Waals surface area (Å²) < 4.78 is 4.84. The van der Waals surface area contributed by atoms with E-state index in [2.05, 4.69) is 89.5 Å². The summed E-state index contributed by atoms with van der Waals surface area (Å²) in [5, 5.41) is 14.4. The van der Waals surface area contributed by atoms with Crippen molar-refractivity contribution in [2.24, 2.45) is 0 Å². The van der Waals surface area contributed by atoms with Gasteiger partial charge in [-0.3, -0.25) is 4.79 Å². The molecule has 0 unspecified atom stereocenters. The number of carbonyl (C=O) groups is 1. The van der Waals surface area contributed by atoms with E-state index in [0.29, 0.717) is 0 Å². The minimum Gasteiger partial charge on any atom is -0.512 e. The van der Waals surface area contributed by atoms with Crippen LogP contribution in [0.5, 0.6) is 0 Å². The fourth-order valence-electron chi connectivity index (χ4n) is 4.96. The largest absolute Gasteiger partial charge is 0.512 e. The Bertz CT molecular complexity index is 1980. The van der Waals surface area contributed by atoms with Crippen LogP contribution in [0.25, 0.3) is 58.6 Å². The summed E-state index contributed by atoms with van der Waals surface area (Å²) in [6, 6.07) is 33.4. The number of aliphatic hydroxyl groups is 1. The Morgan fingerprint density at radius 2 is 1.66 bits per heavy atom. The maximum absolute atomic E-state index is 10.0. The second-order valence-corrected chi connectivity index (χ2v) is 10.0. The predicted molar refractivity (Wildman–Crippen MR) is 155 cm³/mol. The molecule has 3 aromatic heterocycles. The fourth-order valence-corrected chi connectivity index (χ4v) is 6.19. The van der Waals surface area contributed by atoms with Gasteiger partial charge in [-0.2, -0.15) is 0 Å². The van der Waals surface area contributed by atoms with E-state index in [0.717, 1.165) is 10.9 Å². The van der Waals surface area contributed by atoms with E-state index in [4.69, 9.17) is 10.1 Å². The van der Waals surface area contributed by atoms with Crippen molar-refractivity contribution in [3.05, 3.63) is 109 Å². The Morgan fingerprint density at radius 3 is 2.39 bits per heavy atom. The minimum absolute atomic E-state index is 0. The molecule has 0 spiro atoms. The zero-order valence-electron chi connectivity index (χ0n) is 20.7. The summed E-state index contributed by atoms with van der Waals surface area (Å²) in [5.74, 6) is -0.0625. The molecule has 0 atom stereocenters.